The Balaban J connectivity index is 1.48. The highest BCUT2D eigenvalue weighted by Gasteiger charge is 2.20. The number of anilines is 1. The van der Waals surface area contributed by atoms with Crippen molar-refractivity contribution in [2.75, 3.05) is 5.73 Å². The first-order chi connectivity index (χ1) is 14.4. The number of ketones is 1. The summed E-state index contributed by atoms with van der Waals surface area (Å²) in [6, 6.07) is 16.5. The van der Waals surface area contributed by atoms with Crippen molar-refractivity contribution in [3.63, 3.8) is 0 Å². The van der Waals surface area contributed by atoms with Crippen LogP contribution in [-0.2, 0) is 22.4 Å². The first-order valence-electron chi connectivity index (χ1n) is 10.2. The van der Waals surface area contributed by atoms with Crippen LogP contribution in [0.25, 0.3) is 10.8 Å². The molecule has 5 N–H and O–H groups in total. The number of aromatic nitrogens is 1. The van der Waals surface area contributed by atoms with E-state index in [4.69, 9.17) is 11.5 Å². The van der Waals surface area contributed by atoms with Gasteiger partial charge in [0, 0.05) is 18.0 Å². The van der Waals surface area contributed by atoms with Crippen LogP contribution in [0, 0.1) is 0 Å². The summed E-state index contributed by atoms with van der Waals surface area (Å²) in [5.41, 5.74) is 14.1. The number of fused-ring (bicyclic) bond motifs is 1. The van der Waals surface area contributed by atoms with Crippen molar-refractivity contribution in [1.29, 1.82) is 0 Å². The van der Waals surface area contributed by atoms with Crippen LogP contribution in [0.1, 0.15) is 30.9 Å². The normalized spacial score (nSPS) is 13.0. The Morgan fingerprint density at radius 1 is 1.03 bits per heavy atom. The van der Waals surface area contributed by atoms with Gasteiger partial charge in [-0.25, -0.2) is 4.98 Å². The Morgan fingerprint density at radius 3 is 2.57 bits per heavy atom. The SMILES string of the molecule is CC(NC(=O)[C@H](N)CCc1ccccc1)C(=O)CCc1ccc2ccnc(N)c2c1. The van der Waals surface area contributed by atoms with E-state index >= 15 is 0 Å². The predicted octanol–water partition coefficient (Wildman–Crippen LogP) is 2.78. The number of rotatable bonds is 9. The van der Waals surface area contributed by atoms with Gasteiger partial charge in [-0.1, -0.05) is 42.5 Å². The zero-order valence-corrected chi connectivity index (χ0v) is 17.2. The van der Waals surface area contributed by atoms with Crippen LogP contribution in [0.3, 0.4) is 0 Å². The Morgan fingerprint density at radius 2 is 1.80 bits per heavy atom. The Labute approximate surface area is 176 Å². The first-order valence-corrected chi connectivity index (χ1v) is 10.2. The van der Waals surface area contributed by atoms with Gasteiger partial charge >= 0.3 is 0 Å². The number of Topliss-reactive ketones (excluding diaryl/α,β-unsaturated/α-hetero) is 1. The monoisotopic (exact) mass is 404 g/mol. The summed E-state index contributed by atoms with van der Waals surface area (Å²) in [4.78, 5) is 28.9. The fourth-order valence-corrected chi connectivity index (χ4v) is 3.38. The lowest BCUT2D eigenvalue weighted by atomic mass is 10.0. The van der Waals surface area contributed by atoms with Gasteiger partial charge in [0.05, 0.1) is 12.1 Å². The molecule has 0 saturated heterocycles. The van der Waals surface area contributed by atoms with E-state index in [1.165, 1.54) is 0 Å². The van der Waals surface area contributed by atoms with E-state index in [2.05, 4.69) is 10.3 Å². The average Bonchev–Trinajstić information content (AvgIpc) is 2.76. The van der Waals surface area contributed by atoms with Gasteiger partial charge < -0.3 is 16.8 Å². The number of aryl methyl sites for hydroxylation is 2. The summed E-state index contributed by atoms with van der Waals surface area (Å²) in [5.74, 6) is 0.153. The molecule has 2 aromatic carbocycles. The number of pyridine rings is 1. The van der Waals surface area contributed by atoms with Crippen LogP contribution in [-0.4, -0.2) is 28.8 Å². The molecule has 3 rings (SSSR count). The lowest BCUT2D eigenvalue weighted by Crippen LogP contribution is -2.47. The average molecular weight is 405 g/mol. The molecular weight excluding hydrogens is 376 g/mol. The second kappa shape index (κ2) is 9.98. The van der Waals surface area contributed by atoms with Crippen molar-refractivity contribution >= 4 is 28.3 Å². The van der Waals surface area contributed by atoms with Gasteiger partial charge in [0.15, 0.2) is 5.78 Å². The highest BCUT2D eigenvalue weighted by atomic mass is 16.2. The Hall–Kier alpha value is -3.25. The molecule has 0 radical (unpaired) electrons. The maximum absolute atomic E-state index is 12.5. The highest BCUT2D eigenvalue weighted by molar-refractivity contribution is 5.92. The minimum absolute atomic E-state index is 0.0298. The zero-order valence-electron chi connectivity index (χ0n) is 17.2. The van der Waals surface area contributed by atoms with Gasteiger partial charge in [-0.05, 0) is 54.8 Å². The van der Waals surface area contributed by atoms with E-state index in [9.17, 15) is 9.59 Å². The fourth-order valence-electron chi connectivity index (χ4n) is 3.38. The van der Waals surface area contributed by atoms with Crippen LogP contribution < -0.4 is 16.8 Å². The van der Waals surface area contributed by atoms with Crippen molar-refractivity contribution in [3.8, 4) is 0 Å². The molecule has 0 spiro atoms. The first kappa shape index (κ1) is 21.5. The van der Waals surface area contributed by atoms with Gasteiger partial charge in [0.2, 0.25) is 5.91 Å². The summed E-state index contributed by atoms with van der Waals surface area (Å²) in [5, 5.41) is 4.65. The fraction of sp³-hybridized carbons (Fsp3) is 0.292. The number of carbonyl (C=O) groups excluding carboxylic acids is 2. The standard InChI is InChI=1S/C24H28N4O2/c1-16(28-24(30)21(25)11-8-17-5-3-2-4-6-17)22(29)12-9-18-7-10-19-13-14-27-23(26)20(19)15-18/h2-7,10,13-16,21H,8-9,11-12,25H2,1H3,(H2,26,27)(H,28,30)/t16?,21-/m1/s1. The van der Waals surface area contributed by atoms with Crippen molar-refractivity contribution in [3.05, 3.63) is 71.9 Å². The minimum atomic E-state index is -0.642. The highest BCUT2D eigenvalue weighted by Crippen LogP contribution is 2.21. The molecule has 1 unspecified atom stereocenters. The lowest BCUT2D eigenvalue weighted by molar-refractivity contribution is -0.128. The Kier molecular flexibility index (Phi) is 7.14. The summed E-state index contributed by atoms with van der Waals surface area (Å²) in [6.07, 6.45) is 3.83. The third-order valence-electron chi connectivity index (χ3n) is 5.29. The van der Waals surface area contributed by atoms with Crippen molar-refractivity contribution < 1.29 is 9.59 Å². The number of hydrogen-bond acceptors (Lipinski definition) is 5. The molecule has 0 fully saturated rings. The van der Waals surface area contributed by atoms with Gasteiger partial charge in [0.1, 0.15) is 5.82 Å². The molecule has 156 valence electrons. The molecule has 0 aliphatic carbocycles. The summed E-state index contributed by atoms with van der Waals surface area (Å²) < 4.78 is 0. The minimum Gasteiger partial charge on any atom is -0.383 e. The summed E-state index contributed by atoms with van der Waals surface area (Å²) in [7, 11) is 0. The van der Waals surface area contributed by atoms with Crippen LogP contribution >= 0.6 is 0 Å². The predicted molar refractivity (Wildman–Crippen MR) is 120 cm³/mol. The van der Waals surface area contributed by atoms with Crippen LogP contribution in [0.2, 0.25) is 0 Å². The molecule has 1 aromatic heterocycles. The molecule has 6 heteroatoms. The molecule has 6 nitrogen and oxygen atoms in total. The molecular formula is C24H28N4O2. The third-order valence-corrected chi connectivity index (χ3v) is 5.29. The van der Waals surface area contributed by atoms with Crippen LogP contribution in [0.4, 0.5) is 5.82 Å². The summed E-state index contributed by atoms with van der Waals surface area (Å²) >= 11 is 0. The number of benzene rings is 2. The topological polar surface area (TPSA) is 111 Å². The molecule has 1 heterocycles. The van der Waals surface area contributed by atoms with E-state index in [0.29, 0.717) is 25.1 Å². The molecule has 30 heavy (non-hydrogen) atoms. The van der Waals surface area contributed by atoms with E-state index in [0.717, 1.165) is 28.3 Å². The number of nitrogens with zero attached hydrogens (tertiary/aromatic N) is 1. The molecule has 2 atom stereocenters. The van der Waals surface area contributed by atoms with Crippen LogP contribution in [0.15, 0.2) is 60.8 Å². The number of nitrogens with two attached hydrogens (primary N) is 2. The third kappa shape index (κ3) is 5.64. The van der Waals surface area contributed by atoms with Gasteiger partial charge in [-0.2, -0.15) is 0 Å². The second-order valence-electron chi connectivity index (χ2n) is 7.58. The lowest BCUT2D eigenvalue weighted by Gasteiger charge is -2.17. The number of nitrogens with one attached hydrogen (secondary N) is 1. The number of amides is 1. The molecule has 0 bridgehead atoms. The Bertz CT molecular complexity index is 1020. The van der Waals surface area contributed by atoms with Gasteiger partial charge in [-0.3, -0.25) is 9.59 Å². The molecule has 3 aromatic rings. The summed E-state index contributed by atoms with van der Waals surface area (Å²) in [6.45, 7) is 1.70. The van der Waals surface area contributed by atoms with Gasteiger partial charge in [0.25, 0.3) is 0 Å². The number of nitrogen functional groups attached to an aromatic ring is 1. The maximum Gasteiger partial charge on any atom is 0.237 e. The van der Waals surface area contributed by atoms with Crippen molar-refractivity contribution in [1.82, 2.24) is 10.3 Å². The van der Waals surface area contributed by atoms with E-state index < -0.39 is 12.1 Å². The van der Waals surface area contributed by atoms with Crippen LogP contribution in [0.5, 0.6) is 0 Å². The van der Waals surface area contributed by atoms with E-state index in [-0.39, 0.29) is 11.7 Å². The van der Waals surface area contributed by atoms with E-state index in [1.807, 2.05) is 54.6 Å². The smallest absolute Gasteiger partial charge is 0.237 e. The number of carbonyl (C=O) groups is 2. The maximum atomic E-state index is 12.5. The zero-order chi connectivity index (χ0) is 21.5. The second-order valence-corrected chi connectivity index (χ2v) is 7.58. The molecule has 0 aliphatic rings. The molecule has 0 aliphatic heterocycles. The number of hydrogen-bond donors (Lipinski definition) is 3. The molecule has 0 saturated carbocycles. The van der Waals surface area contributed by atoms with Gasteiger partial charge in [-0.15, -0.1) is 0 Å². The van der Waals surface area contributed by atoms with Crippen molar-refractivity contribution in [2.24, 2.45) is 5.73 Å². The molecule has 1 amide bonds. The quantitative estimate of drug-likeness (QED) is 0.508. The largest absolute Gasteiger partial charge is 0.383 e. The van der Waals surface area contributed by atoms with E-state index in [1.54, 1.807) is 13.1 Å². The van der Waals surface area contributed by atoms with Crippen molar-refractivity contribution in [2.45, 2.75) is 44.7 Å².